The van der Waals surface area contributed by atoms with Crippen molar-refractivity contribution in [1.29, 1.82) is 0 Å². The third-order valence-electron chi connectivity index (χ3n) is 5.24. The first-order chi connectivity index (χ1) is 19.0. The molecular formula is C29H54N4O5S. The van der Waals surface area contributed by atoms with E-state index in [-0.39, 0.29) is 0 Å². The van der Waals surface area contributed by atoms with Gasteiger partial charge in [0.2, 0.25) is 5.96 Å². The lowest BCUT2D eigenvalue weighted by Crippen LogP contribution is -2.35. The number of hydrogen-bond donors (Lipinski definition) is 1. The van der Waals surface area contributed by atoms with Crippen LogP contribution in [-0.2, 0) is 23.7 Å². The van der Waals surface area contributed by atoms with Crippen molar-refractivity contribution in [3.05, 3.63) is 36.4 Å². The number of carbonyl (C=O) groups is 1. The molecule has 1 N–H and O–H groups in total. The summed E-state index contributed by atoms with van der Waals surface area (Å²) in [6, 6.07) is 0.383. The predicted molar refractivity (Wildman–Crippen MR) is 167 cm³/mol. The van der Waals surface area contributed by atoms with Crippen LogP contribution >= 0.6 is 11.8 Å². The van der Waals surface area contributed by atoms with Gasteiger partial charge in [0, 0.05) is 54.2 Å². The van der Waals surface area contributed by atoms with Crippen LogP contribution in [0, 0.1) is 0 Å². The third-order valence-corrected chi connectivity index (χ3v) is 5.94. The van der Waals surface area contributed by atoms with Gasteiger partial charge in [-0.2, -0.15) is 11.8 Å². The molecule has 1 fully saturated rings. The Morgan fingerprint density at radius 3 is 2.36 bits per heavy atom. The van der Waals surface area contributed by atoms with E-state index in [9.17, 15) is 0 Å². The van der Waals surface area contributed by atoms with Crippen molar-refractivity contribution < 1.29 is 23.7 Å². The summed E-state index contributed by atoms with van der Waals surface area (Å²) in [6.07, 6.45) is 19.5. The van der Waals surface area contributed by atoms with Gasteiger partial charge in [0.1, 0.15) is 5.82 Å². The van der Waals surface area contributed by atoms with Gasteiger partial charge in [0.15, 0.2) is 0 Å². The van der Waals surface area contributed by atoms with Gasteiger partial charge in [-0.25, -0.2) is 9.98 Å². The second kappa shape index (κ2) is 30.2. The predicted octanol–water partition coefficient (Wildman–Crippen LogP) is 5.45. The molecule has 2 aliphatic rings. The Morgan fingerprint density at radius 2 is 1.79 bits per heavy atom. The largest absolute Gasteiger partial charge is 0.498 e. The average Bonchev–Trinajstić information content (AvgIpc) is 3.05. The Labute approximate surface area is 242 Å². The molecule has 0 unspecified atom stereocenters. The number of aliphatic imine (C=N–C) groups is 2. The lowest BCUT2D eigenvalue weighted by molar-refractivity contribution is -0.126. The molecular weight excluding hydrogens is 516 g/mol. The van der Waals surface area contributed by atoms with Gasteiger partial charge in [-0.1, -0.05) is 38.0 Å². The summed E-state index contributed by atoms with van der Waals surface area (Å²) in [5.41, 5.74) is 0. The molecule has 0 aromatic carbocycles. The van der Waals surface area contributed by atoms with E-state index >= 15 is 0 Å². The second-order valence-electron chi connectivity index (χ2n) is 8.66. The summed E-state index contributed by atoms with van der Waals surface area (Å²) in [7, 11) is 7.81. The van der Waals surface area contributed by atoms with Crippen LogP contribution in [0.25, 0.3) is 0 Å². The minimum Gasteiger partial charge on any atom is -0.498 e. The number of thioether (sulfide) groups is 1. The number of allylic oxidation sites excluding steroid dienone is 3. The number of guanidine groups is 1. The standard InChI is InChI=1S/C23H38N4OS.C2H4O2.2C2H6O/c1-4-24-23(26-21-12-6-5-7-13-21)25-20(2)27-16-9-8-14-22(15-10-17-27)28-18-11-19-29-3;1-4-2-3;2*1-3-2/h4,8-9,14,21H,2,5-7,10-13,15-19H2,1,3H3,(H,25,26);2H,1H3;2*1-2H3/b9-8-,22-14+,24-4-;;;. The van der Waals surface area contributed by atoms with Crippen LogP contribution in [0.2, 0.25) is 0 Å². The SMILES string of the molecule is C=C(NC(=NC1CCCCC1)/N=C\C)N1C/C=C\C=C(\OCCCSC)CCC1.COC.COC.COC=O. The van der Waals surface area contributed by atoms with Crippen LogP contribution in [0.3, 0.4) is 0 Å². The highest BCUT2D eigenvalue weighted by molar-refractivity contribution is 7.98. The zero-order chi connectivity index (χ0) is 29.6. The summed E-state index contributed by atoms with van der Waals surface area (Å²) in [6.45, 7) is 9.10. The molecule has 1 aliphatic heterocycles. The van der Waals surface area contributed by atoms with Crippen molar-refractivity contribution >= 4 is 30.4 Å². The maximum atomic E-state index is 8.95. The van der Waals surface area contributed by atoms with Crippen LogP contribution in [0.4, 0.5) is 0 Å². The Morgan fingerprint density at radius 1 is 1.15 bits per heavy atom. The van der Waals surface area contributed by atoms with Crippen LogP contribution in [-0.4, -0.2) is 96.8 Å². The first kappa shape index (κ1) is 38.8. The fourth-order valence-electron chi connectivity index (χ4n) is 3.57. The third kappa shape index (κ3) is 24.5. The summed E-state index contributed by atoms with van der Waals surface area (Å²) < 4.78 is 18.3. The topological polar surface area (TPSA) is 94.0 Å². The average molecular weight is 571 g/mol. The van der Waals surface area contributed by atoms with E-state index in [1.165, 1.54) is 26.4 Å². The zero-order valence-corrected chi connectivity index (χ0v) is 26.3. The molecule has 0 aromatic heterocycles. The molecule has 1 aliphatic carbocycles. The molecule has 2 rings (SSSR count). The fourth-order valence-corrected chi connectivity index (χ4v) is 3.97. The molecule has 0 aromatic rings. The molecule has 0 radical (unpaired) electrons. The number of methoxy groups -OCH3 is 3. The smallest absolute Gasteiger partial charge is 0.292 e. The van der Waals surface area contributed by atoms with Gasteiger partial charge < -0.3 is 29.2 Å². The minimum absolute atomic E-state index is 0.375. The van der Waals surface area contributed by atoms with Crippen molar-refractivity contribution in [1.82, 2.24) is 10.2 Å². The minimum atomic E-state index is 0.375. The normalized spacial score (nSPS) is 18.1. The van der Waals surface area contributed by atoms with E-state index in [0.717, 1.165) is 69.1 Å². The van der Waals surface area contributed by atoms with Gasteiger partial charge >= 0.3 is 0 Å². The Hall–Kier alpha value is -2.30. The van der Waals surface area contributed by atoms with Gasteiger partial charge in [-0.15, -0.1) is 0 Å². The van der Waals surface area contributed by atoms with Gasteiger partial charge in [0.25, 0.3) is 6.47 Å². The van der Waals surface area contributed by atoms with Crippen molar-refractivity contribution in [2.45, 2.75) is 64.3 Å². The Bertz CT molecular complexity index is 706. The number of ether oxygens (including phenoxy) is 4. The highest BCUT2D eigenvalue weighted by Gasteiger charge is 2.15. The van der Waals surface area contributed by atoms with Crippen molar-refractivity contribution in [3.63, 3.8) is 0 Å². The maximum absolute atomic E-state index is 8.95. The monoisotopic (exact) mass is 570 g/mol. The zero-order valence-electron chi connectivity index (χ0n) is 25.4. The Balaban J connectivity index is 0. The number of nitrogens with zero attached hydrogens (tertiary/aromatic N) is 3. The molecule has 0 saturated heterocycles. The maximum Gasteiger partial charge on any atom is 0.292 e. The van der Waals surface area contributed by atoms with Crippen LogP contribution in [0.1, 0.15) is 58.3 Å². The van der Waals surface area contributed by atoms with Gasteiger partial charge in [-0.05, 0) is 50.7 Å². The molecule has 0 bridgehead atoms. The molecule has 1 heterocycles. The van der Waals surface area contributed by atoms with Gasteiger partial charge in [-0.3, -0.25) is 4.79 Å². The van der Waals surface area contributed by atoms with Crippen molar-refractivity contribution in [2.24, 2.45) is 9.98 Å². The van der Waals surface area contributed by atoms with Crippen LogP contribution in [0.15, 0.2) is 46.4 Å². The van der Waals surface area contributed by atoms with Crippen LogP contribution < -0.4 is 5.32 Å². The molecule has 0 atom stereocenters. The van der Waals surface area contributed by atoms with E-state index in [2.05, 4.69) is 60.5 Å². The summed E-state index contributed by atoms with van der Waals surface area (Å²) in [5, 5.41) is 3.36. The number of rotatable bonds is 9. The summed E-state index contributed by atoms with van der Waals surface area (Å²) in [4.78, 5) is 20.5. The highest BCUT2D eigenvalue weighted by Crippen LogP contribution is 2.20. The van der Waals surface area contributed by atoms with E-state index < -0.39 is 0 Å². The molecule has 0 spiro atoms. The first-order valence-corrected chi connectivity index (χ1v) is 14.9. The number of nitrogens with one attached hydrogen (secondary N) is 1. The van der Waals surface area contributed by atoms with E-state index in [4.69, 9.17) is 14.5 Å². The molecule has 0 amide bonds. The van der Waals surface area contributed by atoms with E-state index in [1.54, 1.807) is 34.7 Å². The first-order valence-electron chi connectivity index (χ1n) is 13.5. The van der Waals surface area contributed by atoms with E-state index in [1.807, 2.05) is 18.7 Å². The molecule has 9 nitrogen and oxygen atoms in total. The van der Waals surface area contributed by atoms with Crippen molar-refractivity contribution in [2.75, 3.05) is 67.3 Å². The lowest BCUT2D eigenvalue weighted by atomic mass is 9.96. The van der Waals surface area contributed by atoms with Gasteiger partial charge in [0.05, 0.1) is 25.5 Å². The van der Waals surface area contributed by atoms with E-state index in [0.29, 0.717) is 18.5 Å². The summed E-state index contributed by atoms with van der Waals surface area (Å²) in [5.74, 6) is 3.77. The number of carbonyl (C=O) groups excluding carboxylic acids is 1. The molecule has 226 valence electrons. The molecule has 1 saturated carbocycles. The number of hydrogen-bond acceptors (Lipinski definition) is 8. The van der Waals surface area contributed by atoms with Crippen molar-refractivity contribution in [3.8, 4) is 0 Å². The quantitative estimate of drug-likeness (QED) is 0.169. The highest BCUT2D eigenvalue weighted by atomic mass is 32.2. The second-order valence-corrected chi connectivity index (χ2v) is 9.64. The fraction of sp³-hybridized carbons (Fsp3) is 0.690. The molecule has 39 heavy (non-hydrogen) atoms. The lowest BCUT2D eigenvalue weighted by Gasteiger charge is -2.26. The molecule has 10 heteroatoms. The summed E-state index contributed by atoms with van der Waals surface area (Å²) >= 11 is 1.87. The van der Waals surface area contributed by atoms with Crippen LogP contribution in [0.5, 0.6) is 0 Å². The Kier molecular flexibility index (Phi) is 30.1.